The molecule has 124 valence electrons. The van der Waals surface area contributed by atoms with Crippen LogP contribution in [0, 0.1) is 0 Å². The Bertz CT molecular complexity index is 635. The second-order valence-electron chi connectivity index (χ2n) is 4.99. The van der Waals surface area contributed by atoms with Gasteiger partial charge in [-0.2, -0.15) is 4.31 Å². The highest BCUT2D eigenvalue weighted by atomic mass is 35.5. The van der Waals surface area contributed by atoms with Crippen LogP contribution in [0.2, 0.25) is 10.0 Å². The number of likely N-dealkylation sites (N-methyl/N-ethyl adjacent to an activating group) is 2. The first-order valence-electron chi connectivity index (χ1n) is 6.47. The van der Waals surface area contributed by atoms with E-state index in [4.69, 9.17) is 23.2 Å². The van der Waals surface area contributed by atoms with Crippen LogP contribution in [0.1, 0.15) is 0 Å². The molecule has 0 aliphatic carbocycles. The number of hydrogen-bond donors (Lipinski definition) is 1. The van der Waals surface area contributed by atoms with Crippen molar-refractivity contribution in [3.05, 3.63) is 28.2 Å². The first-order chi connectivity index (χ1) is 10.1. The molecule has 1 N–H and O–H groups in total. The average molecular weight is 368 g/mol. The number of sulfonamides is 1. The highest BCUT2D eigenvalue weighted by Crippen LogP contribution is 2.26. The first kappa shape index (κ1) is 19.2. The van der Waals surface area contributed by atoms with Crippen LogP contribution < -0.4 is 5.32 Å². The number of carbonyl (C=O) groups excluding carboxylic acids is 1. The van der Waals surface area contributed by atoms with E-state index in [1.54, 1.807) is 0 Å². The van der Waals surface area contributed by atoms with Gasteiger partial charge in [-0.3, -0.25) is 4.79 Å². The molecule has 1 aromatic rings. The minimum absolute atomic E-state index is 0.0595. The van der Waals surface area contributed by atoms with Crippen LogP contribution in [-0.2, 0) is 14.8 Å². The van der Waals surface area contributed by atoms with Crippen molar-refractivity contribution in [1.82, 2.24) is 14.5 Å². The Morgan fingerprint density at radius 2 is 1.86 bits per heavy atom. The Labute approximate surface area is 141 Å². The molecule has 0 saturated heterocycles. The van der Waals surface area contributed by atoms with Crippen LogP contribution in [0.4, 0.5) is 0 Å². The molecule has 0 radical (unpaired) electrons. The molecule has 0 unspecified atom stereocenters. The van der Waals surface area contributed by atoms with Gasteiger partial charge in [0.25, 0.3) is 0 Å². The summed E-state index contributed by atoms with van der Waals surface area (Å²) in [5.74, 6) is -0.383. The standard InChI is InChI=1S/C13H19Cl2N3O3S/c1-17(2)7-6-16-13(19)9-18(3)22(20,21)12-8-10(14)4-5-11(12)15/h4-5,8H,6-7,9H2,1-3H3,(H,16,19). The molecule has 0 heterocycles. The molecule has 0 aliphatic rings. The molecular weight excluding hydrogens is 349 g/mol. The summed E-state index contributed by atoms with van der Waals surface area (Å²) < 4.78 is 25.8. The maximum atomic E-state index is 12.4. The lowest BCUT2D eigenvalue weighted by Gasteiger charge is -2.18. The maximum Gasteiger partial charge on any atom is 0.244 e. The Morgan fingerprint density at radius 1 is 1.23 bits per heavy atom. The van der Waals surface area contributed by atoms with Crippen LogP contribution >= 0.6 is 23.2 Å². The summed E-state index contributed by atoms with van der Waals surface area (Å²) in [7, 11) is 1.19. The zero-order chi connectivity index (χ0) is 16.9. The van der Waals surface area contributed by atoms with E-state index in [0.29, 0.717) is 13.1 Å². The minimum Gasteiger partial charge on any atom is -0.354 e. The van der Waals surface area contributed by atoms with E-state index in [1.807, 2.05) is 19.0 Å². The van der Waals surface area contributed by atoms with Crippen LogP contribution in [-0.4, -0.2) is 64.3 Å². The first-order valence-corrected chi connectivity index (χ1v) is 8.67. The molecule has 0 fully saturated rings. The minimum atomic E-state index is -3.88. The van der Waals surface area contributed by atoms with E-state index < -0.39 is 10.0 Å². The fraction of sp³-hybridized carbons (Fsp3) is 0.462. The van der Waals surface area contributed by atoms with Gasteiger partial charge in [0.1, 0.15) is 4.90 Å². The van der Waals surface area contributed by atoms with Crippen LogP contribution in [0.5, 0.6) is 0 Å². The van der Waals surface area contributed by atoms with Gasteiger partial charge >= 0.3 is 0 Å². The van der Waals surface area contributed by atoms with Gasteiger partial charge in [-0.05, 0) is 32.3 Å². The third-order valence-corrected chi connectivity index (χ3v) is 5.35. The average Bonchev–Trinajstić information content (AvgIpc) is 2.40. The number of rotatable bonds is 7. The van der Waals surface area contributed by atoms with E-state index in [-0.39, 0.29) is 27.4 Å². The zero-order valence-electron chi connectivity index (χ0n) is 12.6. The number of nitrogens with zero attached hydrogens (tertiary/aromatic N) is 2. The lowest BCUT2D eigenvalue weighted by Crippen LogP contribution is -2.40. The molecular formula is C13H19Cl2N3O3S. The van der Waals surface area contributed by atoms with Crippen LogP contribution in [0.25, 0.3) is 0 Å². The van der Waals surface area contributed by atoms with Gasteiger partial charge in [0.2, 0.25) is 15.9 Å². The summed E-state index contributed by atoms with van der Waals surface area (Å²) in [4.78, 5) is 13.6. The van der Waals surface area contributed by atoms with Crippen LogP contribution in [0.3, 0.4) is 0 Å². The summed E-state index contributed by atoms with van der Waals surface area (Å²) in [6.45, 7) is 0.818. The van der Waals surface area contributed by atoms with Crippen molar-refractivity contribution in [2.24, 2.45) is 0 Å². The van der Waals surface area contributed by atoms with E-state index in [2.05, 4.69) is 5.32 Å². The third-order valence-electron chi connectivity index (χ3n) is 2.83. The fourth-order valence-corrected chi connectivity index (χ4v) is 3.47. The highest BCUT2D eigenvalue weighted by molar-refractivity contribution is 7.89. The molecule has 0 aromatic heterocycles. The molecule has 0 atom stereocenters. The van der Waals surface area contributed by atoms with E-state index >= 15 is 0 Å². The largest absolute Gasteiger partial charge is 0.354 e. The molecule has 1 aromatic carbocycles. The van der Waals surface area contributed by atoms with E-state index in [0.717, 1.165) is 4.31 Å². The van der Waals surface area contributed by atoms with Crippen molar-refractivity contribution in [2.75, 3.05) is 40.8 Å². The number of amides is 1. The number of carbonyl (C=O) groups is 1. The van der Waals surface area contributed by atoms with Crippen molar-refractivity contribution in [3.8, 4) is 0 Å². The summed E-state index contributed by atoms with van der Waals surface area (Å²) in [5.41, 5.74) is 0. The molecule has 1 rings (SSSR count). The van der Waals surface area contributed by atoms with E-state index in [9.17, 15) is 13.2 Å². The summed E-state index contributed by atoms with van der Waals surface area (Å²) in [6.07, 6.45) is 0. The second kappa shape index (κ2) is 8.12. The Hall–Kier alpha value is -0.860. The van der Waals surface area contributed by atoms with Crippen molar-refractivity contribution in [2.45, 2.75) is 4.90 Å². The van der Waals surface area contributed by atoms with Gasteiger partial charge in [-0.15, -0.1) is 0 Å². The predicted molar refractivity (Wildman–Crippen MR) is 87.8 cm³/mol. The number of halogens is 2. The van der Waals surface area contributed by atoms with Crippen molar-refractivity contribution >= 4 is 39.1 Å². The van der Waals surface area contributed by atoms with Crippen molar-refractivity contribution in [1.29, 1.82) is 0 Å². The molecule has 0 spiro atoms. The van der Waals surface area contributed by atoms with Gasteiger partial charge in [0.05, 0.1) is 11.6 Å². The SMILES string of the molecule is CN(C)CCNC(=O)CN(C)S(=O)(=O)c1cc(Cl)ccc1Cl. The Morgan fingerprint density at radius 3 is 2.45 bits per heavy atom. The third kappa shape index (κ3) is 5.40. The number of nitrogens with one attached hydrogen (secondary N) is 1. The molecule has 22 heavy (non-hydrogen) atoms. The number of hydrogen-bond acceptors (Lipinski definition) is 4. The van der Waals surface area contributed by atoms with Gasteiger partial charge in [0, 0.05) is 25.2 Å². The topological polar surface area (TPSA) is 69.7 Å². The maximum absolute atomic E-state index is 12.4. The van der Waals surface area contributed by atoms with Crippen LogP contribution in [0.15, 0.2) is 23.1 Å². The second-order valence-corrected chi connectivity index (χ2v) is 7.85. The Balaban J connectivity index is 2.77. The quantitative estimate of drug-likeness (QED) is 0.788. The molecule has 0 bridgehead atoms. The molecule has 0 aliphatic heterocycles. The summed E-state index contributed by atoms with van der Waals surface area (Å²) in [6, 6.07) is 4.16. The molecule has 6 nitrogen and oxygen atoms in total. The smallest absolute Gasteiger partial charge is 0.244 e. The van der Waals surface area contributed by atoms with Gasteiger partial charge in [0.15, 0.2) is 0 Å². The van der Waals surface area contributed by atoms with Gasteiger partial charge < -0.3 is 10.2 Å². The lowest BCUT2D eigenvalue weighted by molar-refractivity contribution is -0.121. The predicted octanol–water partition coefficient (Wildman–Crippen LogP) is 1.29. The van der Waals surface area contributed by atoms with E-state index in [1.165, 1.54) is 25.2 Å². The van der Waals surface area contributed by atoms with Crippen molar-refractivity contribution in [3.63, 3.8) is 0 Å². The van der Waals surface area contributed by atoms with Crippen molar-refractivity contribution < 1.29 is 13.2 Å². The fourth-order valence-electron chi connectivity index (χ4n) is 1.60. The molecule has 9 heteroatoms. The summed E-state index contributed by atoms with van der Waals surface area (Å²) >= 11 is 11.7. The zero-order valence-corrected chi connectivity index (χ0v) is 15.0. The lowest BCUT2D eigenvalue weighted by atomic mass is 10.4. The monoisotopic (exact) mass is 367 g/mol. The molecule has 1 amide bonds. The molecule has 0 saturated carbocycles. The number of benzene rings is 1. The van der Waals surface area contributed by atoms with Gasteiger partial charge in [-0.1, -0.05) is 23.2 Å². The highest BCUT2D eigenvalue weighted by Gasteiger charge is 2.25. The Kier molecular flexibility index (Phi) is 7.08. The normalized spacial score (nSPS) is 12.0. The summed E-state index contributed by atoms with van der Waals surface area (Å²) in [5, 5.41) is 2.96. The van der Waals surface area contributed by atoms with Gasteiger partial charge in [-0.25, -0.2) is 8.42 Å².